The molecule has 2 heterocycles. The van der Waals surface area contributed by atoms with Gasteiger partial charge >= 0.3 is 0 Å². The fraction of sp³-hybridized carbons (Fsp3) is 0.381. The molecule has 0 spiro atoms. The van der Waals surface area contributed by atoms with Gasteiger partial charge in [0.05, 0.1) is 5.52 Å². The number of aromatic nitrogens is 3. The van der Waals surface area contributed by atoms with Gasteiger partial charge in [0.1, 0.15) is 5.52 Å². The average Bonchev–Trinajstić information content (AvgIpc) is 3.37. The molecule has 7 heteroatoms. The predicted octanol–water partition coefficient (Wildman–Crippen LogP) is 3.30. The first-order chi connectivity index (χ1) is 13.7. The van der Waals surface area contributed by atoms with Crippen LogP contribution >= 0.6 is 0 Å². The number of carbonyl (C=O) groups is 1. The molecule has 0 radical (unpaired) electrons. The first-order valence-electron chi connectivity index (χ1n) is 9.82. The maximum atomic E-state index is 13.2. The van der Waals surface area contributed by atoms with Crippen LogP contribution in [-0.2, 0) is 0 Å². The quantitative estimate of drug-likeness (QED) is 0.371. The summed E-state index contributed by atoms with van der Waals surface area (Å²) in [7, 11) is 0. The Morgan fingerprint density at radius 2 is 2.14 bits per heavy atom. The van der Waals surface area contributed by atoms with Gasteiger partial charge in [0.25, 0.3) is 0 Å². The molecule has 1 saturated carbocycles. The standard InChI is InChI=1S/C21H25N5O2/c1-2-23-21(28)26-20-24-17-11-15(14-8-5-9-22-12-14)10-16(18(17)25-20)19(27)13-6-3-4-7-13/h5,8-13,21,23,28H,2-4,6-7H2,1H3,(H2,24,25,26). The second-order valence-electron chi connectivity index (χ2n) is 7.20. The minimum Gasteiger partial charge on any atom is -0.361 e. The lowest BCUT2D eigenvalue weighted by atomic mass is 9.93. The van der Waals surface area contributed by atoms with Gasteiger partial charge in [-0.05, 0) is 43.1 Å². The lowest BCUT2D eigenvalue weighted by Gasteiger charge is -2.11. The van der Waals surface area contributed by atoms with Gasteiger partial charge in [0.2, 0.25) is 5.95 Å². The fourth-order valence-electron chi connectivity index (χ4n) is 3.86. The molecule has 7 nitrogen and oxygen atoms in total. The van der Waals surface area contributed by atoms with E-state index in [2.05, 4.69) is 25.6 Å². The van der Waals surface area contributed by atoms with E-state index in [0.29, 0.717) is 23.6 Å². The number of H-pyrrole nitrogens is 1. The van der Waals surface area contributed by atoms with Gasteiger partial charge in [-0.1, -0.05) is 25.8 Å². The number of aromatic amines is 1. The first kappa shape index (κ1) is 18.6. The summed E-state index contributed by atoms with van der Waals surface area (Å²) in [6, 6.07) is 7.74. The fourth-order valence-corrected chi connectivity index (χ4v) is 3.86. The molecule has 1 aromatic carbocycles. The second kappa shape index (κ2) is 8.08. The molecule has 28 heavy (non-hydrogen) atoms. The van der Waals surface area contributed by atoms with Gasteiger partial charge in [-0.2, -0.15) is 0 Å². The van der Waals surface area contributed by atoms with Crippen molar-refractivity contribution in [3.05, 3.63) is 42.2 Å². The van der Waals surface area contributed by atoms with Crippen LogP contribution in [0.2, 0.25) is 0 Å². The highest BCUT2D eigenvalue weighted by Crippen LogP contribution is 2.33. The summed E-state index contributed by atoms with van der Waals surface area (Å²) in [4.78, 5) is 25.2. The summed E-state index contributed by atoms with van der Waals surface area (Å²) in [6.07, 6.45) is 6.67. The number of aliphatic hydroxyl groups excluding tert-OH is 1. The zero-order valence-corrected chi connectivity index (χ0v) is 15.9. The predicted molar refractivity (Wildman–Crippen MR) is 109 cm³/mol. The second-order valence-corrected chi connectivity index (χ2v) is 7.20. The van der Waals surface area contributed by atoms with Crippen molar-refractivity contribution in [2.75, 3.05) is 11.9 Å². The molecule has 0 saturated heterocycles. The molecule has 2 aromatic heterocycles. The average molecular weight is 379 g/mol. The molecule has 1 atom stereocenters. The molecule has 1 aliphatic rings. The molecule has 3 aromatic rings. The number of hydrogen-bond donors (Lipinski definition) is 4. The van der Waals surface area contributed by atoms with E-state index < -0.39 is 6.35 Å². The van der Waals surface area contributed by atoms with Gasteiger partial charge in [-0.3, -0.25) is 15.1 Å². The van der Waals surface area contributed by atoms with Crippen LogP contribution in [0.1, 0.15) is 43.0 Å². The highest BCUT2D eigenvalue weighted by Gasteiger charge is 2.27. The number of carbonyl (C=O) groups excluding carboxylic acids is 1. The normalized spacial score (nSPS) is 15.8. The molecular weight excluding hydrogens is 354 g/mol. The third-order valence-corrected chi connectivity index (χ3v) is 5.24. The zero-order valence-electron chi connectivity index (χ0n) is 15.9. The number of fused-ring (bicyclic) bond motifs is 1. The van der Waals surface area contributed by atoms with Crippen molar-refractivity contribution < 1.29 is 9.90 Å². The van der Waals surface area contributed by atoms with E-state index in [1.165, 1.54) is 0 Å². The number of imidazole rings is 1. The van der Waals surface area contributed by atoms with E-state index >= 15 is 0 Å². The largest absolute Gasteiger partial charge is 0.361 e. The van der Waals surface area contributed by atoms with Crippen LogP contribution in [0.15, 0.2) is 36.7 Å². The summed E-state index contributed by atoms with van der Waals surface area (Å²) in [6.45, 7) is 2.52. The number of hydrogen-bond acceptors (Lipinski definition) is 6. The van der Waals surface area contributed by atoms with Crippen LogP contribution in [-0.4, -0.2) is 38.7 Å². The van der Waals surface area contributed by atoms with Crippen LogP contribution in [0.25, 0.3) is 22.2 Å². The Morgan fingerprint density at radius 1 is 1.32 bits per heavy atom. The molecule has 4 rings (SSSR count). The van der Waals surface area contributed by atoms with Gasteiger partial charge < -0.3 is 15.4 Å². The maximum absolute atomic E-state index is 13.2. The molecule has 1 fully saturated rings. The summed E-state index contributed by atoms with van der Waals surface area (Å²) in [5.74, 6) is 0.638. The Morgan fingerprint density at radius 3 is 2.86 bits per heavy atom. The van der Waals surface area contributed by atoms with Gasteiger partial charge in [0, 0.05) is 29.4 Å². The Balaban J connectivity index is 1.78. The van der Waals surface area contributed by atoms with E-state index in [9.17, 15) is 9.90 Å². The first-order valence-corrected chi connectivity index (χ1v) is 9.82. The number of rotatable bonds is 7. The summed E-state index contributed by atoms with van der Waals surface area (Å²) >= 11 is 0. The van der Waals surface area contributed by atoms with Crippen LogP contribution < -0.4 is 10.6 Å². The molecule has 1 aliphatic carbocycles. The van der Waals surface area contributed by atoms with Crippen LogP contribution in [0.4, 0.5) is 5.95 Å². The molecule has 0 aliphatic heterocycles. The van der Waals surface area contributed by atoms with Gasteiger partial charge in [-0.15, -0.1) is 0 Å². The number of ketones is 1. The molecule has 0 bridgehead atoms. The number of Topliss-reactive ketones (excluding diaryl/α,β-unsaturated/α-hetero) is 1. The van der Waals surface area contributed by atoms with E-state index in [4.69, 9.17) is 0 Å². The zero-order chi connectivity index (χ0) is 19.5. The summed E-state index contributed by atoms with van der Waals surface area (Å²) < 4.78 is 0. The molecule has 0 amide bonds. The van der Waals surface area contributed by atoms with Crippen molar-refractivity contribution in [1.82, 2.24) is 20.3 Å². The van der Waals surface area contributed by atoms with Crippen molar-refractivity contribution in [1.29, 1.82) is 0 Å². The van der Waals surface area contributed by atoms with Crippen molar-refractivity contribution in [2.24, 2.45) is 5.92 Å². The smallest absolute Gasteiger partial charge is 0.204 e. The molecule has 4 N–H and O–H groups in total. The van der Waals surface area contributed by atoms with Crippen LogP contribution in [0, 0.1) is 5.92 Å². The lowest BCUT2D eigenvalue weighted by Crippen LogP contribution is -2.35. The summed E-state index contributed by atoms with van der Waals surface area (Å²) in [5.41, 5.74) is 3.89. The minimum atomic E-state index is -0.919. The molecule has 146 valence electrons. The number of pyridine rings is 1. The van der Waals surface area contributed by atoms with E-state index in [1.54, 1.807) is 12.4 Å². The van der Waals surface area contributed by atoms with Crippen LogP contribution in [0.3, 0.4) is 0 Å². The van der Waals surface area contributed by atoms with E-state index in [1.807, 2.05) is 31.2 Å². The highest BCUT2D eigenvalue weighted by atomic mass is 16.3. The SMILES string of the molecule is CCNC(O)Nc1nc2c(C(=O)C3CCCC3)cc(-c3cccnc3)cc2[nH]1. The summed E-state index contributed by atoms with van der Waals surface area (Å²) in [5, 5.41) is 15.7. The third-order valence-electron chi connectivity index (χ3n) is 5.24. The van der Waals surface area contributed by atoms with Crippen molar-refractivity contribution in [2.45, 2.75) is 39.0 Å². The molecular formula is C21H25N5O2. The molecule has 1 unspecified atom stereocenters. The monoisotopic (exact) mass is 379 g/mol. The topological polar surface area (TPSA) is 103 Å². The van der Waals surface area contributed by atoms with E-state index in [-0.39, 0.29) is 11.7 Å². The Labute approximate surface area is 163 Å². The Kier molecular flexibility index (Phi) is 5.36. The van der Waals surface area contributed by atoms with Gasteiger partial charge in [0.15, 0.2) is 12.1 Å². The minimum absolute atomic E-state index is 0.0628. The lowest BCUT2D eigenvalue weighted by molar-refractivity contribution is 0.0924. The Hall–Kier alpha value is -2.77. The van der Waals surface area contributed by atoms with Crippen molar-refractivity contribution in [3.8, 4) is 11.1 Å². The maximum Gasteiger partial charge on any atom is 0.204 e. The Bertz CT molecular complexity index is 964. The van der Waals surface area contributed by atoms with Crippen molar-refractivity contribution in [3.63, 3.8) is 0 Å². The number of aliphatic hydroxyl groups is 1. The van der Waals surface area contributed by atoms with Gasteiger partial charge in [-0.25, -0.2) is 4.98 Å². The third kappa shape index (κ3) is 3.76. The number of benzene rings is 1. The van der Waals surface area contributed by atoms with Crippen LogP contribution in [0.5, 0.6) is 0 Å². The highest BCUT2D eigenvalue weighted by molar-refractivity contribution is 6.09. The van der Waals surface area contributed by atoms with E-state index in [0.717, 1.165) is 42.3 Å². The number of nitrogens with zero attached hydrogens (tertiary/aromatic N) is 2. The van der Waals surface area contributed by atoms with Crippen molar-refractivity contribution >= 4 is 22.8 Å². The number of anilines is 1. The number of nitrogens with one attached hydrogen (secondary N) is 3.